The summed E-state index contributed by atoms with van der Waals surface area (Å²) in [6, 6.07) is 0. The highest BCUT2D eigenvalue weighted by molar-refractivity contribution is 7.15. The van der Waals surface area contributed by atoms with E-state index in [1.807, 2.05) is 16.0 Å². The monoisotopic (exact) mass is 321 g/mol. The molecule has 0 spiro atoms. The average Bonchev–Trinajstić information content (AvgIpc) is 2.99. The molecule has 0 radical (unpaired) electrons. The molecule has 0 saturated heterocycles. The number of nitrogens with one attached hydrogen (secondary N) is 1. The van der Waals surface area contributed by atoms with Gasteiger partial charge in [0.1, 0.15) is 5.15 Å². The predicted octanol–water partition coefficient (Wildman–Crippen LogP) is 4.11. The van der Waals surface area contributed by atoms with Gasteiger partial charge in [-0.15, -0.1) is 11.3 Å². The van der Waals surface area contributed by atoms with Gasteiger partial charge in [-0.3, -0.25) is 4.40 Å². The molecule has 1 N–H and O–H groups in total. The van der Waals surface area contributed by atoms with E-state index < -0.39 is 0 Å². The molecule has 21 heavy (non-hydrogen) atoms. The van der Waals surface area contributed by atoms with Crippen molar-refractivity contribution in [3.05, 3.63) is 22.4 Å². The molecule has 2 aromatic heterocycles. The highest BCUT2D eigenvalue weighted by atomic mass is 35.5. The summed E-state index contributed by atoms with van der Waals surface area (Å²) in [5.41, 5.74) is 1.40. The van der Waals surface area contributed by atoms with Crippen LogP contribution in [0.3, 0.4) is 0 Å². The number of hydrogen-bond donors (Lipinski definition) is 1. The van der Waals surface area contributed by atoms with Crippen LogP contribution in [0.4, 0.5) is 0 Å². The Hall–Kier alpha value is -0.580. The van der Waals surface area contributed by atoms with Crippen molar-refractivity contribution in [1.29, 1.82) is 0 Å². The SMILES string of the molecule is Clc1c(CNC23CC4CC(CC(C4)C2)C3)nc2sccn12. The van der Waals surface area contributed by atoms with Gasteiger partial charge in [0.05, 0.1) is 5.69 Å². The Labute approximate surface area is 133 Å². The fourth-order valence-electron chi connectivity index (χ4n) is 5.51. The third-order valence-electron chi connectivity index (χ3n) is 5.94. The number of aromatic nitrogens is 2. The Morgan fingerprint density at radius 3 is 2.52 bits per heavy atom. The lowest BCUT2D eigenvalue weighted by atomic mass is 9.53. The number of imidazole rings is 1. The first kappa shape index (κ1) is 12.9. The van der Waals surface area contributed by atoms with E-state index in [1.165, 1.54) is 38.5 Å². The van der Waals surface area contributed by atoms with Crippen LogP contribution in [0.15, 0.2) is 11.6 Å². The summed E-state index contributed by atoms with van der Waals surface area (Å²) >= 11 is 8.10. The Balaban J connectivity index is 1.38. The first-order valence-electron chi connectivity index (χ1n) is 8.06. The van der Waals surface area contributed by atoms with Gasteiger partial charge in [0.15, 0.2) is 4.96 Å². The van der Waals surface area contributed by atoms with Gasteiger partial charge in [-0.1, -0.05) is 11.6 Å². The van der Waals surface area contributed by atoms with Crippen LogP contribution in [0.5, 0.6) is 0 Å². The van der Waals surface area contributed by atoms with E-state index in [2.05, 4.69) is 10.3 Å². The van der Waals surface area contributed by atoms with Gasteiger partial charge in [-0.2, -0.15) is 0 Å². The van der Waals surface area contributed by atoms with E-state index in [0.29, 0.717) is 5.54 Å². The van der Waals surface area contributed by atoms with E-state index >= 15 is 0 Å². The standard InChI is InChI=1S/C16H20ClN3S/c17-14-13(19-15-20(14)1-2-21-15)9-18-16-6-10-3-11(7-16)5-12(4-10)8-16/h1-2,10-12,18H,3-9H2. The third kappa shape index (κ3) is 1.99. The number of thiazole rings is 1. The molecule has 0 atom stereocenters. The van der Waals surface area contributed by atoms with Crippen LogP contribution in [0, 0.1) is 17.8 Å². The summed E-state index contributed by atoms with van der Waals surface area (Å²) in [6.45, 7) is 0.819. The summed E-state index contributed by atoms with van der Waals surface area (Å²) in [7, 11) is 0. The molecular formula is C16H20ClN3S. The van der Waals surface area contributed by atoms with Crippen LogP contribution in [-0.4, -0.2) is 14.9 Å². The summed E-state index contributed by atoms with van der Waals surface area (Å²) in [4.78, 5) is 5.68. The van der Waals surface area contributed by atoms with Gasteiger partial charge in [0.25, 0.3) is 0 Å². The zero-order valence-electron chi connectivity index (χ0n) is 12.0. The van der Waals surface area contributed by atoms with Gasteiger partial charge in [0, 0.05) is 23.7 Å². The number of fused-ring (bicyclic) bond motifs is 1. The summed E-state index contributed by atoms with van der Waals surface area (Å²) in [5, 5.41) is 6.69. The molecule has 0 amide bonds. The zero-order chi connectivity index (χ0) is 14.0. The number of rotatable bonds is 3. The van der Waals surface area contributed by atoms with E-state index in [9.17, 15) is 0 Å². The van der Waals surface area contributed by atoms with Crippen LogP contribution in [0.1, 0.15) is 44.2 Å². The van der Waals surface area contributed by atoms with Crippen molar-refractivity contribution in [3.8, 4) is 0 Å². The van der Waals surface area contributed by atoms with Crippen molar-refractivity contribution in [2.45, 2.75) is 50.6 Å². The second kappa shape index (κ2) is 4.46. The Morgan fingerprint density at radius 2 is 1.90 bits per heavy atom. The van der Waals surface area contributed by atoms with Crippen molar-refractivity contribution in [1.82, 2.24) is 14.7 Å². The highest BCUT2D eigenvalue weighted by Gasteiger charge is 2.50. The van der Waals surface area contributed by atoms with Crippen molar-refractivity contribution in [2.24, 2.45) is 17.8 Å². The summed E-state index contributed by atoms with van der Waals surface area (Å²) in [5.74, 6) is 2.93. The second-order valence-electron chi connectivity index (χ2n) is 7.46. The molecule has 4 fully saturated rings. The fourth-order valence-corrected chi connectivity index (χ4v) is 6.54. The van der Waals surface area contributed by atoms with Crippen LogP contribution in [0.25, 0.3) is 4.96 Å². The summed E-state index contributed by atoms with van der Waals surface area (Å²) in [6.07, 6.45) is 10.6. The lowest BCUT2D eigenvalue weighted by Crippen LogP contribution is -2.58. The molecule has 0 unspecified atom stereocenters. The molecule has 5 heteroatoms. The lowest BCUT2D eigenvalue weighted by Gasteiger charge is -2.57. The van der Waals surface area contributed by atoms with Gasteiger partial charge >= 0.3 is 0 Å². The van der Waals surface area contributed by atoms with Crippen LogP contribution in [0.2, 0.25) is 5.15 Å². The third-order valence-corrected chi connectivity index (χ3v) is 7.10. The molecule has 4 aliphatic rings. The molecule has 2 aromatic rings. The maximum Gasteiger partial charge on any atom is 0.195 e. The lowest BCUT2D eigenvalue weighted by molar-refractivity contribution is -0.0207. The van der Waals surface area contributed by atoms with Crippen LogP contribution >= 0.6 is 22.9 Å². The average molecular weight is 322 g/mol. The maximum absolute atomic E-state index is 6.45. The minimum Gasteiger partial charge on any atom is -0.305 e. The van der Waals surface area contributed by atoms with Crippen molar-refractivity contribution in [3.63, 3.8) is 0 Å². The first-order chi connectivity index (χ1) is 10.2. The van der Waals surface area contributed by atoms with Gasteiger partial charge in [-0.25, -0.2) is 4.98 Å². The fraction of sp³-hybridized carbons (Fsp3) is 0.688. The number of halogens is 1. The molecule has 4 saturated carbocycles. The molecule has 4 aliphatic carbocycles. The van der Waals surface area contributed by atoms with Crippen molar-refractivity contribution < 1.29 is 0 Å². The molecule has 4 bridgehead atoms. The number of hydrogen-bond acceptors (Lipinski definition) is 3. The topological polar surface area (TPSA) is 29.3 Å². The maximum atomic E-state index is 6.45. The van der Waals surface area contributed by atoms with E-state index in [-0.39, 0.29) is 0 Å². The van der Waals surface area contributed by atoms with Gasteiger partial charge < -0.3 is 5.32 Å². The number of nitrogens with zero attached hydrogens (tertiary/aromatic N) is 2. The Bertz CT molecular complexity index is 654. The minimum absolute atomic E-state index is 0.384. The van der Waals surface area contributed by atoms with E-state index in [0.717, 1.165) is 40.1 Å². The van der Waals surface area contributed by atoms with Crippen molar-refractivity contribution in [2.75, 3.05) is 0 Å². The predicted molar refractivity (Wildman–Crippen MR) is 85.8 cm³/mol. The molecule has 2 heterocycles. The zero-order valence-corrected chi connectivity index (χ0v) is 13.6. The normalized spacial score (nSPS) is 37.7. The molecular weight excluding hydrogens is 302 g/mol. The second-order valence-corrected chi connectivity index (χ2v) is 8.69. The smallest absolute Gasteiger partial charge is 0.195 e. The molecule has 3 nitrogen and oxygen atoms in total. The molecule has 0 aliphatic heterocycles. The van der Waals surface area contributed by atoms with Crippen molar-refractivity contribution >= 4 is 27.9 Å². The Morgan fingerprint density at radius 1 is 1.24 bits per heavy atom. The van der Waals surface area contributed by atoms with Crippen LogP contribution in [-0.2, 0) is 6.54 Å². The Kier molecular flexibility index (Phi) is 2.75. The molecule has 0 aromatic carbocycles. The van der Waals surface area contributed by atoms with Gasteiger partial charge in [-0.05, 0) is 56.3 Å². The van der Waals surface area contributed by atoms with Crippen LogP contribution < -0.4 is 5.32 Å². The minimum atomic E-state index is 0.384. The highest BCUT2D eigenvalue weighted by Crippen LogP contribution is 2.55. The van der Waals surface area contributed by atoms with E-state index in [4.69, 9.17) is 11.6 Å². The first-order valence-corrected chi connectivity index (χ1v) is 9.31. The summed E-state index contributed by atoms with van der Waals surface area (Å²) < 4.78 is 1.99. The van der Waals surface area contributed by atoms with E-state index in [1.54, 1.807) is 11.3 Å². The molecule has 6 rings (SSSR count). The molecule has 112 valence electrons. The van der Waals surface area contributed by atoms with Gasteiger partial charge in [0.2, 0.25) is 0 Å². The quantitative estimate of drug-likeness (QED) is 0.922. The largest absolute Gasteiger partial charge is 0.305 e.